The van der Waals surface area contributed by atoms with Crippen LogP contribution in [0.2, 0.25) is 19.6 Å². The van der Waals surface area contributed by atoms with Gasteiger partial charge in [-0.1, -0.05) is 53.6 Å². The molecule has 0 aliphatic rings. The molecule has 0 spiro atoms. The van der Waals surface area contributed by atoms with Gasteiger partial charge in [0.25, 0.3) is 0 Å². The molecule has 1 unspecified atom stereocenters. The highest BCUT2D eigenvalue weighted by Crippen LogP contribution is 2.11. The van der Waals surface area contributed by atoms with E-state index in [0.717, 1.165) is 11.1 Å². The lowest BCUT2D eigenvalue weighted by molar-refractivity contribution is 0.0996. The summed E-state index contributed by atoms with van der Waals surface area (Å²) in [4.78, 5) is 11.6. The molecule has 17 heavy (non-hydrogen) atoms. The van der Waals surface area contributed by atoms with Crippen molar-refractivity contribution in [3.63, 3.8) is 0 Å². The number of alkyl halides is 1. The minimum absolute atomic E-state index is 0.106. The highest BCUT2D eigenvalue weighted by Gasteiger charge is 2.11. The summed E-state index contributed by atoms with van der Waals surface area (Å²) < 4.78 is 0. The van der Waals surface area contributed by atoms with Crippen LogP contribution in [0.4, 0.5) is 0 Å². The second-order valence-electron chi connectivity index (χ2n) is 5.06. The SMILES string of the molecule is CC(Br)C(=O)c1ccc(C#C[Si](C)(C)C)cc1. The Morgan fingerprint density at radius 1 is 1.24 bits per heavy atom. The largest absolute Gasteiger partial charge is 0.293 e. The first-order valence-corrected chi connectivity index (χ1v) is 10.0. The molecule has 1 aromatic rings. The standard InChI is InChI=1S/C14H17BrOSi/c1-11(15)14(16)13-7-5-12(6-8-13)9-10-17(2,3)4/h5-8,11H,1-4H3. The van der Waals surface area contributed by atoms with E-state index in [-0.39, 0.29) is 10.6 Å². The molecule has 1 aromatic carbocycles. The van der Waals surface area contributed by atoms with Gasteiger partial charge in [-0.15, -0.1) is 5.54 Å². The molecule has 0 heterocycles. The van der Waals surface area contributed by atoms with Crippen molar-refractivity contribution < 1.29 is 4.79 Å². The fourth-order valence-corrected chi connectivity index (χ4v) is 1.99. The summed E-state index contributed by atoms with van der Waals surface area (Å²) in [5.41, 5.74) is 5.01. The molecule has 0 aliphatic heterocycles. The van der Waals surface area contributed by atoms with Crippen LogP contribution >= 0.6 is 15.9 Å². The zero-order chi connectivity index (χ0) is 13.1. The average molecular weight is 309 g/mol. The molecular weight excluding hydrogens is 292 g/mol. The zero-order valence-corrected chi connectivity index (χ0v) is 13.3. The van der Waals surface area contributed by atoms with Gasteiger partial charge in [-0.05, 0) is 19.1 Å². The number of hydrogen-bond donors (Lipinski definition) is 0. The maximum absolute atomic E-state index is 11.7. The Labute approximate surface area is 113 Å². The van der Waals surface area contributed by atoms with Gasteiger partial charge in [-0.3, -0.25) is 4.79 Å². The highest BCUT2D eigenvalue weighted by atomic mass is 79.9. The Morgan fingerprint density at radius 2 is 1.76 bits per heavy atom. The number of ketones is 1. The van der Waals surface area contributed by atoms with E-state index < -0.39 is 8.07 Å². The third kappa shape index (κ3) is 4.89. The molecule has 0 fully saturated rings. The average Bonchev–Trinajstić information content (AvgIpc) is 2.25. The Hall–Kier alpha value is -0.853. The smallest absolute Gasteiger partial charge is 0.176 e. The quantitative estimate of drug-likeness (QED) is 0.351. The molecule has 0 radical (unpaired) electrons. The summed E-state index contributed by atoms with van der Waals surface area (Å²) in [7, 11) is -1.33. The van der Waals surface area contributed by atoms with E-state index in [1.165, 1.54) is 0 Å². The van der Waals surface area contributed by atoms with Crippen molar-refractivity contribution in [2.24, 2.45) is 0 Å². The van der Waals surface area contributed by atoms with Crippen LogP contribution in [0.25, 0.3) is 0 Å². The number of carbonyl (C=O) groups is 1. The molecule has 0 aliphatic carbocycles. The lowest BCUT2D eigenvalue weighted by atomic mass is 10.1. The predicted molar refractivity (Wildman–Crippen MR) is 79.4 cm³/mol. The molecule has 0 saturated heterocycles. The first-order chi connectivity index (χ1) is 7.79. The van der Waals surface area contributed by atoms with E-state index in [4.69, 9.17) is 0 Å². The lowest BCUT2D eigenvalue weighted by Gasteiger charge is -2.04. The molecule has 0 N–H and O–H groups in total. The van der Waals surface area contributed by atoms with Crippen LogP contribution in [0, 0.1) is 11.5 Å². The Morgan fingerprint density at radius 3 is 2.18 bits per heavy atom. The van der Waals surface area contributed by atoms with Gasteiger partial charge < -0.3 is 0 Å². The van der Waals surface area contributed by atoms with Gasteiger partial charge in [-0.25, -0.2) is 0 Å². The molecule has 0 aromatic heterocycles. The minimum atomic E-state index is -1.33. The number of halogens is 1. The van der Waals surface area contributed by atoms with Crippen LogP contribution < -0.4 is 0 Å². The van der Waals surface area contributed by atoms with Crippen molar-refractivity contribution >= 4 is 29.8 Å². The maximum Gasteiger partial charge on any atom is 0.176 e. The van der Waals surface area contributed by atoms with Crippen molar-refractivity contribution in [3.05, 3.63) is 35.4 Å². The normalized spacial score (nSPS) is 12.5. The Bertz CT molecular complexity index is 458. The van der Waals surface area contributed by atoms with E-state index >= 15 is 0 Å². The molecule has 1 atom stereocenters. The zero-order valence-electron chi connectivity index (χ0n) is 10.7. The van der Waals surface area contributed by atoms with Gasteiger partial charge in [0.2, 0.25) is 0 Å². The number of benzene rings is 1. The lowest BCUT2D eigenvalue weighted by Crippen LogP contribution is -2.16. The van der Waals surface area contributed by atoms with Gasteiger partial charge in [0, 0.05) is 11.1 Å². The van der Waals surface area contributed by atoms with Gasteiger partial charge in [0.05, 0.1) is 4.83 Å². The van der Waals surface area contributed by atoms with E-state index in [1.54, 1.807) is 0 Å². The van der Waals surface area contributed by atoms with Crippen LogP contribution in [0.1, 0.15) is 22.8 Å². The first-order valence-electron chi connectivity index (χ1n) is 5.61. The minimum Gasteiger partial charge on any atom is -0.293 e. The molecular formula is C14H17BrOSi. The predicted octanol–water partition coefficient (Wildman–Crippen LogP) is 3.88. The topological polar surface area (TPSA) is 17.1 Å². The summed E-state index contributed by atoms with van der Waals surface area (Å²) >= 11 is 3.28. The first kappa shape index (κ1) is 14.2. The van der Waals surface area contributed by atoms with Crippen molar-refractivity contribution in [1.82, 2.24) is 0 Å². The van der Waals surface area contributed by atoms with Crippen LogP contribution in [0.3, 0.4) is 0 Å². The van der Waals surface area contributed by atoms with Gasteiger partial charge >= 0.3 is 0 Å². The third-order valence-corrected chi connectivity index (χ3v) is 3.40. The monoisotopic (exact) mass is 308 g/mol. The summed E-state index contributed by atoms with van der Waals surface area (Å²) in [6.45, 7) is 8.47. The summed E-state index contributed by atoms with van der Waals surface area (Å²) in [6, 6.07) is 7.51. The Balaban J connectivity index is 2.88. The number of Topliss-reactive ketones (excluding diaryl/α,β-unsaturated/α-hetero) is 1. The fourth-order valence-electron chi connectivity index (χ4n) is 1.21. The summed E-state index contributed by atoms with van der Waals surface area (Å²) in [5.74, 6) is 3.27. The maximum atomic E-state index is 11.7. The van der Waals surface area contributed by atoms with E-state index in [0.29, 0.717) is 0 Å². The molecule has 90 valence electrons. The van der Waals surface area contributed by atoms with Crippen LogP contribution in [-0.4, -0.2) is 18.7 Å². The molecule has 0 amide bonds. The molecule has 3 heteroatoms. The molecule has 1 nitrogen and oxygen atoms in total. The van der Waals surface area contributed by atoms with Gasteiger partial charge in [0.1, 0.15) is 8.07 Å². The second kappa shape index (κ2) is 5.66. The fraction of sp³-hybridized carbons (Fsp3) is 0.357. The number of hydrogen-bond acceptors (Lipinski definition) is 1. The summed E-state index contributed by atoms with van der Waals surface area (Å²) in [5, 5.41) is 0. The second-order valence-corrected chi connectivity index (χ2v) is 11.2. The summed E-state index contributed by atoms with van der Waals surface area (Å²) in [6.07, 6.45) is 0. The molecule has 1 rings (SSSR count). The number of rotatable bonds is 2. The Kier molecular flexibility index (Phi) is 4.73. The van der Waals surface area contributed by atoms with Crippen molar-refractivity contribution in [2.45, 2.75) is 31.4 Å². The van der Waals surface area contributed by atoms with E-state index in [9.17, 15) is 4.79 Å². The third-order valence-electron chi connectivity index (χ3n) is 2.11. The van der Waals surface area contributed by atoms with Gasteiger partial charge in [-0.2, -0.15) is 0 Å². The molecule has 0 saturated carbocycles. The highest BCUT2D eigenvalue weighted by molar-refractivity contribution is 9.10. The van der Waals surface area contributed by atoms with Crippen LogP contribution in [0.15, 0.2) is 24.3 Å². The van der Waals surface area contributed by atoms with Crippen molar-refractivity contribution in [3.8, 4) is 11.5 Å². The van der Waals surface area contributed by atoms with Crippen molar-refractivity contribution in [2.75, 3.05) is 0 Å². The van der Waals surface area contributed by atoms with Crippen LogP contribution in [0.5, 0.6) is 0 Å². The van der Waals surface area contributed by atoms with E-state index in [2.05, 4.69) is 47.0 Å². The number of carbonyl (C=O) groups excluding carboxylic acids is 1. The van der Waals surface area contributed by atoms with Crippen molar-refractivity contribution in [1.29, 1.82) is 0 Å². The van der Waals surface area contributed by atoms with E-state index in [1.807, 2.05) is 31.2 Å². The van der Waals surface area contributed by atoms with Crippen LogP contribution in [-0.2, 0) is 0 Å². The molecule has 0 bridgehead atoms. The van der Waals surface area contributed by atoms with Gasteiger partial charge in [0.15, 0.2) is 5.78 Å².